The normalized spacial score (nSPS) is 14.3. The molecule has 0 saturated carbocycles. The summed E-state index contributed by atoms with van der Waals surface area (Å²) in [5.41, 5.74) is 5.73. The number of hydrogen-bond donors (Lipinski definition) is 1. The van der Waals surface area contributed by atoms with Gasteiger partial charge < -0.3 is 14.9 Å². The number of likely N-dealkylation sites (N-methyl/N-ethyl adjacent to an activating group) is 1. The summed E-state index contributed by atoms with van der Waals surface area (Å²) in [6, 6.07) is 14.7. The molecule has 1 N–H and O–H groups in total. The average molecular weight is 268 g/mol. The molecule has 0 spiro atoms. The third-order valence-corrected chi connectivity index (χ3v) is 3.94. The number of fused-ring (bicyclic) bond motifs is 1. The van der Waals surface area contributed by atoms with Crippen molar-refractivity contribution in [1.82, 2.24) is 0 Å². The van der Waals surface area contributed by atoms with Gasteiger partial charge in [0.05, 0.1) is 18.0 Å². The molecule has 0 saturated heterocycles. The lowest BCUT2D eigenvalue weighted by Crippen LogP contribution is -2.36. The van der Waals surface area contributed by atoms with Gasteiger partial charge in [0.25, 0.3) is 0 Å². The van der Waals surface area contributed by atoms with E-state index in [9.17, 15) is 5.11 Å². The lowest BCUT2D eigenvalue weighted by atomic mass is 10.1. The van der Waals surface area contributed by atoms with E-state index < -0.39 is 0 Å². The summed E-state index contributed by atoms with van der Waals surface area (Å²) < 4.78 is 0. The fourth-order valence-corrected chi connectivity index (χ4v) is 2.86. The summed E-state index contributed by atoms with van der Waals surface area (Å²) in [6.45, 7) is 4.05. The van der Waals surface area contributed by atoms with Crippen LogP contribution in [0.25, 0.3) is 0 Å². The molecule has 0 unspecified atom stereocenters. The first kappa shape index (κ1) is 13.0. The Labute approximate surface area is 120 Å². The van der Waals surface area contributed by atoms with E-state index in [2.05, 4.69) is 66.2 Å². The molecule has 2 aromatic rings. The van der Waals surface area contributed by atoms with Gasteiger partial charge >= 0.3 is 0 Å². The molecule has 1 aliphatic heterocycles. The van der Waals surface area contributed by atoms with E-state index >= 15 is 0 Å². The molecule has 1 heterocycles. The fourth-order valence-electron chi connectivity index (χ4n) is 2.86. The second-order valence-corrected chi connectivity index (χ2v) is 5.35. The smallest absolute Gasteiger partial charge is 0.0702 e. The fraction of sp³-hybridized carbons (Fsp3) is 0.294. The highest BCUT2D eigenvalue weighted by molar-refractivity contribution is 5.80. The van der Waals surface area contributed by atoms with Crippen LogP contribution in [0.5, 0.6) is 0 Å². The van der Waals surface area contributed by atoms with Crippen LogP contribution < -0.4 is 9.80 Å². The van der Waals surface area contributed by atoms with Crippen molar-refractivity contribution in [3.05, 3.63) is 53.6 Å². The van der Waals surface area contributed by atoms with Crippen LogP contribution in [-0.4, -0.2) is 25.2 Å². The van der Waals surface area contributed by atoms with Crippen LogP contribution in [0.4, 0.5) is 17.1 Å². The lowest BCUT2D eigenvalue weighted by molar-refractivity contribution is 0.282. The number of hydrogen-bond acceptors (Lipinski definition) is 3. The van der Waals surface area contributed by atoms with Crippen molar-refractivity contribution >= 4 is 17.1 Å². The van der Waals surface area contributed by atoms with Crippen molar-refractivity contribution < 1.29 is 5.11 Å². The van der Waals surface area contributed by atoms with E-state index in [-0.39, 0.29) is 6.61 Å². The molecule has 0 atom stereocenters. The van der Waals surface area contributed by atoms with Crippen molar-refractivity contribution in [1.29, 1.82) is 0 Å². The van der Waals surface area contributed by atoms with Crippen molar-refractivity contribution in [2.45, 2.75) is 13.5 Å². The quantitative estimate of drug-likeness (QED) is 0.906. The maximum absolute atomic E-state index is 9.64. The number of para-hydroxylation sites is 2. The second-order valence-electron chi connectivity index (χ2n) is 5.35. The van der Waals surface area contributed by atoms with Gasteiger partial charge in [0.1, 0.15) is 0 Å². The number of rotatable bonds is 2. The van der Waals surface area contributed by atoms with Gasteiger partial charge in [-0.15, -0.1) is 0 Å². The molecular formula is C17H20N2O. The topological polar surface area (TPSA) is 26.7 Å². The molecule has 0 bridgehead atoms. The van der Waals surface area contributed by atoms with E-state index in [1.807, 2.05) is 0 Å². The highest BCUT2D eigenvalue weighted by atomic mass is 16.3. The van der Waals surface area contributed by atoms with Crippen molar-refractivity contribution in [3.8, 4) is 0 Å². The zero-order valence-electron chi connectivity index (χ0n) is 12.0. The van der Waals surface area contributed by atoms with Gasteiger partial charge in [-0.1, -0.05) is 29.8 Å². The lowest BCUT2D eigenvalue weighted by Gasteiger charge is -2.37. The molecule has 0 radical (unpaired) electrons. The third-order valence-electron chi connectivity index (χ3n) is 3.94. The third kappa shape index (κ3) is 2.14. The first-order chi connectivity index (χ1) is 9.70. The molecular weight excluding hydrogens is 248 g/mol. The SMILES string of the molecule is Cc1ccc(N2CCN(C)c3ccccc32)c(CO)c1. The van der Waals surface area contributed by atoms with Crippen molar-refractivity contribution in [2.75, 3.05) is 29.9 Å². The number of aliphatic hydroxyl groups is 1. The molecule has 0 fully saturated rings. The van der Waals surface area contributed by atoms with Gasteiger partial charge in [-0.2, -0.15) is 0 Å². The van der Waals surface area contributed by atoms with Crippen LogP contribution in [0.15, 0.2) is 42.5 Å². The Hall–Kier alpha value is -2.00. The molecule has 3 heteroatoms. The van der Waals surface area contributed by atoms with Crippen LogP contribution in [0.1, 0.15) is 11.1 Å². The Balaban J connectivity index is 2.10. The highest BCUT2D eigenvalue weighted by Gasteiger charge is 2.22. The van der Waals surface area contributed by atoms with E-state index in [1.165, 1.54) is 16.9 Å². The Morgan fingerprint density at radius 1 is 1.00 bits per heavy atom. The molecule has 3 nitrogen and oxygen atoms in total. The maximum Gasteiger partial charge on any atom is 0.0702 e. The van der Waals surface area contributed by atoms with Crippen molar-refractivity contribution in [3.63, 3.8) is 0 Å². The van der Waals surface area contributed by atoms with Gasteiger partial charge in [-0.05, 0) is 25.1 Å². The van der Waals surface area contributed by atoms with Gasteiger partial charge in [0, 0.05) is 31.4 Å². The van der Waals surface area contributed by atoms with Gasteiger partial charge in [-0.25, -0.2) is 0 Å². The summed E-state index contributed by atoms with van der Waals surface area (Å²) in [7, 11) is 2.12. The summed E-state index contributed by atoms with van der Waals surface area (Å²) >= 11 is 0. The Kier molecular flexibility index (Phi) is 3.36. The molecule has 0 aliphatic carbocycles. The average Bonchev–Trinajstić information content (AvgIpc) is 2.48. The second kappa shape index (κ2) is 5.17. The first-order valence-corrected chi connectivity index (χ1v) is 6.99. The zero-order chi connectivity index (χ0) is 14.1. The van der Waals surface area contributed by atoms with Gasteiger partial charge in [0.2, 0.25) is 0 Å². The number of nitrogens with zero attached hydrogens (tertiary/aromatic N) is 2. The Morgan fingerprint density at radius 2 is 1.75 bits per heavy atom. The minimum absolute atomic E-state index is 0.0749. The van der Waals surface area contributed by atoms with E-state index in [1.54, 1.807) is 0 Å². The summed E-state index contributed by atoms with van der Waals surface area (Å²) in [5.74, 6) is 0. The van der Waals surface area contributed by atoms with E-state index in [0.29, 0.717) is 0 Å². The Bertz CT molecular complexity index is 624. The number of benzene rings is 2. The monoisotopic (exact) mass is 268 g/mol. The number of anilines is 3. The maximum atomic E-state index is 9.64. The summed E-state index contributed by atoms with van der Waals surface area (Å²) in [4.78, 5) is 4.58. The molecule has 104 valence electrons. The van der Waals surface area contributed by atoms with E-state index in [0.717, 1.165) is 24.3 Å². The molecule has 0 amide bonds. The van der Waals surface area contributed by atoms with Crippen LogP contribution in [0, 0.1) is 6.92 Å². The standard InChI is InChI=1S/C17H20N2O/c1-13-7-8-15(14(11-13)12-20)19-10-9-18(2)16-5-3-4-6-17(16)19/h3-8,11,20H,9-10,12H2,1-2H3. The van der Waals surface area contributed by atoms with Gasteiger partial charge in [0.15, 0.2) is 0 Å². The predicted octanol–water partition coefficient (Wildman–Crippen LogP) is 3.08. The molecule has 20 heavy (non-hydrogen) atoms. The van der Waals surface area contributed by atoms with Crippen LogP contribution in [0.3, 0.4) is 0 Å². The molecule has 1 aliphatic rings. The largest absolute Gasteiger partial charge is 0.392 e. The van der Waals surface area contributed by atoms with Crippen LogP contribution in [-0.2, 0) is 6.61 Å². The van der Waals surface area contributed by atoms with Crippen LogP contribution in [0.2, 0.25) is 0 Å². The minimum Gasteiger partial charge on any atom is -0.392 e. The first-order valence-electron chi connectivity index (χ1n) is 6.99. The van der Waals surface area contributed by atoms with Crippen molar-refractivity contribution in [2.24, 2.45) is 0 Å². The van der Waals surface area contributed by atoms with Gasteiger partial charge in [-0.3, -0.25) is 0 Å². The molecule has 2 aromatic carbocycles. The summed E-state index contributed by atoms with van der Waals surface area (Å²) in [5, 5.41) is 9.64. The summed E-state index contributed by atoms with van der Waals surface area (Å²) in [6.07, 6.45) is 0. The highest BCUT2D eigenvalue weighted by Crippen LogP contribution is 2.38. The predicted molar refractivity (Wildman–Crippen MR) is 83.8 cm³/mol. The zero-order valence-corrected chi connectivity index (χ0v) is 12.0. The van der Waals surface area contributed by atoms with Crippen LogP contribution >= 0.6 is 0 Å². The number of aliphatic hydroxyl groups excluding tert-OH is 1. The molecule has 3 rings (SSSR count). The molecule has 0 aromatic heterocycles. The minimum atomic E-state index is 0.0749. The Morgan fingerprint density at radius 3 is 2.50 bits per heavy atom. The van der Waals surface area contributed by atoms with E-state index in [4.69, 9.17) is 0 Å². The number of aryl methyl sites for hydroxylation is 1.